The lowest BCUT2D eigenvalue weighted by atomic mass is 10.1. The first kappa shape index (κ1) is 13.4. The standard InChI is InChI=1S/C12H14N4O2S2/c1-2-3-9-10(20-15-14-9)11(17)16-6-8(7-16)18-12-13-4-5-19-12/h4-5,8H,2-3,6-7H2,1H3. The number of hydrogen-bond acceptors (Lipinski definition) is 7. The SMILES string of the molecule is CCCc1nnsc1C(=O)N1CC(Oc2nccs2)C1. The van der Waals surface area contributed by atoms with Gasteiger partial charge < -0.3 is 9.64 Å². The van der Waals surface area contributed by atoms with Crippen LogP contribution in [-0.2, 0) is 6.42 Å². The third-order valence-corrected chi connectivity index (χ3v) is 4.47. The molecule has 1 aliphatic rings. The number of hydrogen-bond donors (Lipinski definition) is 0. The van der Waals surface area contributed by atoms with E-state index < -0.39 is 0 Å². The Hall–Kier alpha value is -1.54. The highest BCUT2D eigenvalue weighted by atomic mass is 32.1. The monoisotopic (exact) mass is 310 g/mol. The maximum Gasteiger partial charge on any atom is 0.273 e. The zero-order chi connectivity index (χ0) is 13.9. The zero-order valence-electron chi connectivity index (χ0n) is 11.0. The third kappa shape index (κ3) is 2.66. The Morgan fingerprint density at radius 1 is 1.55 bits per heavy atom. The summed E-state index contributed by atoms with van der Waals surface area (Å²) >= 11 is 2.64. The Kier molecular flexibility index (Phi) is 3.93. The van der Waals surface area contributed by atoms with Gasteiger partial charge in [0.1, 0.15) is 11.0 Å². The highest BCUT2D eigenvalue weighted by Crippen LogP contribution is 2.23. The molecule has 0 spiro atoms. The molecule has 3 heterocycles. The Morgan fingerprint density at radius 3 is 3.10 bits per heavy atom. The number of nitrogens with zero attached hydrogens (tertiary/aromatic N) is 4. The molecule has 0 aliphatic carbocycles. The van der Waals surface area contributed by atoms with Gasteiger partial charge in [0.25, 0.3) is 11.1 Å². The normalized spacial score (nSPS) is 15.2. The molecule has 0 bridgehead atoms. The van der Waals surface area contributed by atoms with Crippen molar-refractivity contribution in [3.8, 4) is 5.19 Å². The first-order chi connectivity index (χ1) is 9.78. The molecule has 0 unspecified atom stereocenters. The molecule has 2 aromatic heterocycles. The average Bonchev–Trinajstić information content (AvgIpc) is 3.04. The van der Waals surface area contributed by atoms with Gasteiger partial charge in [-0.05, 0) is 18.0 Å². The maximum absolute atomic E-state index is 12.3. The molecule has 3 rings (SSSR count). The van der Waals surface area contributed by atoms with E-state index in [1.807, 2.05) is 5.38 Å². The predicted molar refractivity (Wildman–Crippen MR) is 76.3 cm³/mol. The molecule has 0 N–H and O–H groups in total. The molecule has 106 valence electrons. The van der Waals surface area contributed by atoms with Gasteiger partial charge in [-0.1, -0.05) is 29.2 Å². The van der Waals surface area contributed by atoms with E-state index in [1.165, 1.54) is 22.9 Å². The first-order valence-corrected chi connectivity index (χ1v) is 8.10. The van der Waals surface area contributed by atoms with Gasteiger partial charge >= 0.3 is 0 Å². The fraction of sp³-hybridized carbons (Fsp3) is 0.500. The number of carbonyl (C=O) groups is 1. The van der Waals surface area contributed by atoms with Crippen LogP contribution in [0.3, 0.4) is 0 Å². The van der Waals surface area contributed by atoms with Crippen LogP contribution in [0.1, 0.15) is 28.7 Å². The lowest BCUT2D eigenvalue weighted by Gasteiger charge is -2.37. The summed E-state index contributed by atoms with van der Waals surface area (Å²) in [6.07, 6.45) is 3.51. The molecule has 0 aromatic carbocycles. The summed E-state index contributed by atoms with van der Waals surface area (Å²) in [6.45, 7) is 3.26. The smallest absolute Gasteiger partial charge is 0.273 e. The molecule has 1 aliphatic heterocycles. The fourth-order valence-electron chi connectivity index (χ4n) is 2.00. The van der Waals surface area contributed by atoms with Crippen molar-refractivity contribution in [1.82, 2.24) is 19.5 Å². The van der Waals surface area contributed by atoms with Gasteiger partial charge in [0.15, 0.2) is 0 Å². The Balaban J connectivity index is 1.56. The maximum atomic E-state index is 12.3. The van der Waals surface area contributed by atoms with E-state index in [4.69, 9.17) is 4.74 Å². The number of aromatic nitrogens is 3. The first-order valence-electron chi connectivity index (χ1n) is 6.44. The van der Waals surface area contributed by atoms with Crippen molar-refractivity contribution in [3.63, 3.8) is 0 Å². The van der Waals surface area contributed by atoms with E-state index in [1.54, 1.807) is 11.1 Å². The van der Waals surface area contributed by atoms with E-state index >= 15 is 0 Å². The molecule has 1 amide bonds. The Bertz CT molecular complexity index is 578. The van der Waals surface area contributed by atoms with E-state index in [0.717, 1.165) is 18.5 Å². The number of rotatable bonds is 5. The second kappa shape index (κ2) is 5.84. The van der Waals surface area contributed by atoms with Gasteiger partial charge in [0, 0.05) is 11.6 Å². The van der Waals surface area contributed by atoms with Crippen LogP contribution in [0.4, 0.5) is 0 Å². The molecule has 0 saturated carbocycles. The van der Waals surface area contributed by atoms with Crippen molar-refractivity contribution in [3.05, 3.63) is 22.1 Å². The third-order valence-electron chi connectivity index (χ3n) is 3.05. The number of ether oxygens (including phenoxy) is 1. The van der Waals surface area contributed by atoms with Crippen LogP contribution in [0.5, 0.6) is 5.19 Å². The Labute approximate surface area is 124 Å². The van der Waals surface area contributed by atoms with Gasteiger partial charge in [-0.15, -0.1) is 5.10 Å². The highest BCUT2D eigenvalue weighted by molar-refractivity contribution is 7.11. The molecule has 2 aromatic rings. The highest BCUT2D eigenvalue weighted by Gasteiger charge is 2.35. The minimum absolute atomic E-state index is 0.0161. The Morgan fingerprint density at radius 2 is 2.40 bits per heavy atom. The lowest BCUT2D eigenvalue weighted by Crippen LogP contribution is -2.56. The second-order valence-electron chi connectivity index (χ2n) is 4.55. The lowest BCUT2D eigenvalue weighted by molar-refractivity contribution is 0.0180. The van der Waals surface area contributed by atoms with Gasteiger partial charge in [-0.2, -0.15) is 0 Å². The predicted octanol–water partition coefficient (Wildman–Crippen LogP) is 1.85. The van der Waals surface area contributed by atoms with Gasteiger partial charge in [0.05, 0.1) is 18.8 Å². The molecule has 0 atom stereocenters. The van der Waals surface area contributed by atoms with Crippen LogP contribution in [0.2, 0.25) is 0 Å². The van der Waals surface area contributed by atoms with Crippen LogP contribution in [0, 0.1) is 0 Å². The van der Waals surface area contributed by atoms with Gasteiger partial charge in [-0.25, -0.2) is 4.98 Å². The van der Waals surface area contributed by atoms with Crippen molar-refractivity contribution in [2.45, 2.75) is 25.9 Å². The number of carbonyl (C=O) groups excluding carboxylic acids is 1. The van der Waals surface area contributed by atoms with E-state index in [9.17, 15) is 4.79 Å². The van der Waals surface area contributed by atoms with Crippen molar-refractivity contribution in [2.75, 3.05) is 13.1 Å². The minimum Gasteiger partial charge on any atom is -0.463 e. The molecule has 1 saturated heterocycles. The van der Waals surface area contributed by atoms with E-state index in [2.05, 4.69) is 21.5 Å². The molecule has 0 radical (unpaired) electrons. The number of aryl methyl sites for hydroxylation is 1. The van der Waals surface area contributed by atoms with E-state index in [-0.39, 0.29) is 12.0 Å². The number of likely N-dealkylation sites (tertiary alicyclic amines) is 1. The van der Waals surface area contributed by atoms with Gasteiger partial charge in [-0.3, -0.25) is 4.79 Å². The largest absolute Gasteiger partial charge is 0.463 e. The summed E-state index contributed by atoms with van der Waals surface area (Å²) in [5.41, 5.74) is 0.812. The summed E-state index contributed by atoms with van der Waals surface area (Å²) in [6, 6.07) is 0. The van der Waals surface area contributed by atoms with Crippen molar-refractivity contribution in [1.29, 1.82) is 0 Å². The van der Waals surface area contributed by atoms with E-state index in [0.29, 0.717) is 23.2 Å². The molecule has 8 heteroatoms. The van der Waals surface area contributed by atoms with Crippen molar-refractivity contribution >= 4 is 28.8 Å². The second-order valence-corrected chi connectivity index (χ2v) is 6.16. The molecular formula is C12H14N4O2S2. The molecule has 20 heavy (non-hydrogen) atoms. The van der Waals surface area contributed by atoms with Crippen molar-refractivity contribution < 1.29 is 9.53 Å². The number of amides is 1. The van der Waals surface area contributed by atoms with Crippen LogP contribution < -0.4 is 4.74 Å². The van der Waals surface area contributed by atoms with Crippen LogP contribution >= 0.6 is 22.9 Å². The summed E-state index contributed by atoms with van der Waals surface area (Å²) in [4.78, 5) is 18.8. The van der Waals surface area contributed by atoms with Crippen molar-refractivity contribution in [2.24, 2.45) is 0 Å². The summed E-state index contributed by atoms with van der Waals surface area (Å²) in [5, 5.41) is 6.56. The molecular weight excluding hydrogens is 296 g/mol. The summed E-state index contributed by atoms with van der Waals surface area (Å²) < 4.78 is 9.54. The summed E-state index contributed by atoms with van der Waals surface area (Å²) in [7, 11) is 0. The summed E-state index contributed by atoms with van der Waals surface area (Å²) in [5.74, 6) is 0.0161. The number of thiazole rings is 1. The average molecular weight is 310 g/mol. The van der Waals surface area contributed by atoms with Crippen LogP contribution in [0.25, 0.3) is 0 Å². The quantitative estimate of drug-likeness (QED) is 0.843. The van der Waals surface area contributed by atoms with Crippen LogP contribution in [0.15, 0.2) is 11.6 Å². The molecule has 1 fully saturated rings. The fourth-order valence-corrected chi connectivity index (χ4v) is 3.23. The minimum atomic E-state index is 0.0161. The van der Waals surface area contributed by atoms with Gasteiger partial charge in [0.2, 0.25) is 0 Å². The topological polar surface area (TPSA) is 68.2 Å². The van der Waals surface area contributed by atoms with Crippen LogP contribution in [-0.4, -0.2) is 44.6 Å². The zero-order valence-corrected chi connectivity index (χ0v) is 12.6. The molecule has 6 nitrogen and oxygen atoms in total.